The predicted octanol–water partition coefficient (Wildman–Crippen LogP) is 2.60. The molecule has 0 unspecified atom stereocenters. The molecule has 0 radical (unpaired) electrons. The molecule has 2 aromatic heterocycles. The number of anilines is 1. The van der Waals surface area contributed by atoms with Crippen molar-refractivity contribution in [3.63, 3.8) is 0 Å². The van der Waals surface area contributed by atoms with E-state index in [9.17, 15) is 21.6 Å². The van der Waals surface area contributed by atoms with Gasteiger partial charge in [-0.2, -0.15) is 0 Å². The van der Waals surface area contributed by atoms with Gasteiger partial charge in [-0.3, -0.25) is 0 Å². The third-order valence-corrected chi connectivity index (χ3v) is 8.77. The Morgan fingerprint density at radius 3 is 2.65 bits per heavy atom. The molecule has 2 atom stereocenters. The summed E-state index contributed by atoms with van der Waals surface area (Å²) in [5, 5.41) is 10.6. The maximum atomic E-state index is 13.7. The number of aromatic nitrogens is 4. The van der Waals surface area contributed by atoms with Crippen molar-refractivity contribution in [3.05, 3.63) is 23.0 Å². The van der Waals surface area contributed by atoms with Crippen molar-refractivity contribution in [1.29, 1.82) is 0 Å². The van der Waals surface area contributed by atoms with Crippen LogP contribution in [0.1, 0.15) is 31.1 Å². The Bertz CT molecular complexity index is 1430. The van der Waals surface area contributed by atoms with Gasteiger partial charge in [0.05, 0.1) is 40.9 Å². The monoisotopic (exact) mass is 557 g/mol. The fourth-order valence-electron chi connectivity index (χ4n) is 4.60. The Morgan fingerprint density at radius 2 is 2.03 bits per heavy atom. The number of alkyl halides is 3. The first-order chi connectivity index (χ1) is 17.5. The maximum Gasteiger partial charge on any atom is 0.291 e. The lowest BCUT2D eigenvalue weighted by molar-refractivity contribution is -0.0523. The summed E-state index contributed by atoms with van der Waals surface area (Å²) in [7, 11) is -4.04. The quantitative estimate of drug-likeness (QED) is 0.451. The van der Waals surface area contributed by atoms with Crippen LogP contribution in [0.4, 0.5) is 18.9 Å². The molecular formula is C22H26F3N7O3S2. The van der Waals surface area contributed by atoms with Crippen LogP contribution in [0.25, 0.3) is 21.6 Å². The Labute approximate surface area is 215 Å². The number of hydrogen-bond acceptors (Lipinski definition) is 10. The number of hydrogen-bond donors (Lipinski definition) is 2. The molecule has 0 amide bonds. The van der Waals surface area contributed by atoms with Crippen molar-refractivity contribution in [2.75, 3.05) is 37.9 Å². The second-order valence-electron chi connectivity index (χ2n) is 9.69. The van der Waals surface area contributed by atoms with Gasteiger partial charge in [0.15, 0.2) is 10.0 Å². The van der Waals surface area contributed by atoms with Gasteiger partial charge in [0.1, 0.15) is 18.2 Å². The van der Waals surface area contributed by atoms with Crippen molar-refractivity contribution >= 4 is 38.0 Å². The molecule has 0 aliphatic carbocycles. The summed E-state index contributed by atoms with van der Waals surface area (Å²) in [5.41, 5.74) is 0.341. The van der Waals surface area contributed by atoms with E-state index in [0.29, 0.717) is 40.3 Å². The van der Waals surface area contributed by atoms with Crippen LogP contribution in [0, 0.1) is 6.92 Å². The molecule has 200 valence electrons. The van der Waals surface area contributed by atoms with Gasteiger partial charge < -0.3 is 15.0 Å². The molecule has 0 spiro atoms. The van der Waals surface area contributed by atoms with Crippen LogP contribution in [0.15, 0.2) is 17.0 Å². The Balaban J connectivity index is 1.72. The van der Waals surface area contributed by atoms with Gasteiger partial charge in [-0.1, -0.05) is 11.3 Å². The number of nitrogens with zero attached hydrogens (tertiary/aromatic N) is 5. The van der Waals surface area contributed by atoms with E-state index in [4.69, 9.17) is 4.74 Å². The van der Waals surface area contributed by atoms with Gasteiger partial charge >= 0.3 is 0 Å². The summed E-state index contributed by atoms with van der Waals surface area (Å²) in [6.45, 7) is 5.92. The molecule has 2 fully saturated rings. The Kier molecular flexibility index (Phi) is 6.85. The van der Waals surface area contributed by atoms with Crippen molar-refractivity contribution in [3.8, 4) is 10.7 Å². The molecule has 2 N–H and O–H groups in total. The lowest BCUT2D eigenvalue weighted by Gasteiger charge is -2.39. The standard InChI is InChI=1S/C22H26F3N7O3S2/c1-11-7-32(8-13(6-23)26-11)16-5-14(37(33,34)31-22(3)9-35-10-22)4-15-17(16)27-12(2)28-18(15)20-29-30-21(36-20)19(24)25/h4-5,11,13,19,26,31H,6-10H2,1-3H3/t11-,13-/m0/s1. The minimum atomic E-state index is -4.04. The summed E-state index contributed by atoms with van der Waals surface area (Å²) in [6, 6.07) is 2.40. The van der Waals surface area contributed by atoms with E-state index >= 15 is 0 Å². The second kappa shape index (κ2) is 9.69. The second-order valence-corrected chi connectivity index (χ2v) is 12.4. The van der Waals surface area contributed by atoms with Gasteiger partial charge in [-0.15, -0.1) is 10.2 Å². The van der Waals surface area contributed by atoms with Crippen molar-refractivity contribution in [2.24, 2.45) is 0 Å². The van der Waals surface area contributed by atoms with E-state index < -0.39 is 39.7 Å². The van der Waals surface area contributed by atoms with Crippen LogP contribution in [0.3, 0.4) is 0 Å². The van der Waals surface area contributed by atoms with Gasteiger partial charge in [0, 0.05) is 24.5 Å². The van der Waals surface area contributed by atoms with Crippen LogP contribution >= 0.6 is 11.3 Å². The number of benzene rings is 1. The molecule has 3 aromatic rings. The Hall–Kier alpha value is -2.46. The van der Waals surface area contributed by atoms with Crippen molar-refractivity contribution < 1.29 is 26.3 Å². The van der Waals surface area contributed by atoms with Crippen LogP contribution < -0.4 is 14.9 Å². The fourth-order valence-corrected chi connectivity index (χ4v) is 6.72. The largest absolute Gasteiger partial charge is 0.377 e. The van der Waals surface area contributed by atoms with E-state index in [-0.39, 0.29) is 41.4 Å². The highest BCUT2D eigenvalue weighted by molar-refractivity contribution is 7.89. The molecule has 4 heterocycles. The first-order valence-corrected chi connectivity index (χ1v) is 13.9. The first kappa shape index (κ1) is 26.2. The van der Waals surface area contributed by atoms with E-state index in [1.165, 1.54) is 12.1 Å². The highest BCUT2D eigenvalue weighted by Crippen LogP contribution is 2.38. The highest BCUT2D eigenvalue weighted by Gasteiger charge is 2.38. The molecular weight excluding hydrogens is 531 g/mol. The number of aryl methyl sites for hydroxylation is 1. The topological polar surface area (TPSA) is 122 Å². The summed E-state index contributed by atoms with van der Waals surface area (Å²) in [6.07, 6.45) is -2.80. The molecule has 37 heavy (non-hydrogen) atoms. The smallest absolute Gasteiger partial charge is 0.291 e. The van der Waals surface area contributed by atoms with E-state index in [1.54, 1.807) is 13.8 Å². The first-order valence-electron chi connectivity index (χ1n) is 11.6. The minimum absolute atomic E-state index is 0.0570. The average Bonchev–Trinajstić information content (AvgIpc) is 3.32. The molecule has 15 heteroatoms. The minimum Gasteiger partial charge on any atom is -0.377 e. The number of rotatable bonds is 7. The lowest BCUT2D eigenvalue weighted by Crippen LogP contribution is -2.59. The molecule has 1 aromatic carbocycles. The van der Waals surface area contributed by atoms with Crippen molar-refractivity contribution in [1.82, 2.24) is 30.2 Å². The highest BCUT2D eigenvalue weighted by atomic mass is 32.2. The molecule has 2 aliphatic rings. The van der Waals surface area contributed by atoms with Crippen LogP contribution in [0.2, 0.25) is 0 Å². The summed E-state index contributed by atoms with van der Waals surface area (Å²) < 4.78 is 75.0. The van der Waals surface area contributed by atoms with Crippen LogP contribution in [-0.2, 0) is 14.8 Å². The number of piperazine rings is 1. The Morgan fingerprint density at radius 1 is 1.27 bits per heavy atom. The van der Waals surface area contributed by atoms with Gasteiger partial charge in [0.25, 0.3) is 6.43 Å². The zero-order valence-electron chi connectivity index (χ0n) is 20.3. The van der Waals surface area contributed by atoms with E-state index in [2.05, 4.69) is 30.2 Å². The zero-order valence-corrected chi connectivity index (χ0v) is 22.0. The summed E-state index contributed by atoms with van der Waals surface area (Å²) in [5.74, 6) is 0.343. The zero-order chi connectivity index (χ0) is 26.5. The van der Waals surface area contributed by atoms with E-state index in [1.807, 2.05) is 11.8 Å². The van der Waals surface area contributed by atoms with Gasteiger partial charge in [-0.25, -0.2) is 36.3 Å². The molecule has 5 rings (SSSR count). The summed E-state index contributed by atoms with van der Waals surface area (Å²) >= 11 is 0.682. The van der Waals surface area contributed by atoms with Crippen molar-refractivity contribution in [2.45, 2.75) is 49.7 Å². The molecule has 0 saturated carbocycles. The normalized spacial score (nSPS) is 22.0. The average molecular weight is 558 g/mol. The third kappa shape index (κ3) is 5.14. The molecule has 2 aliphatic heterocycles. The predicted molar refractivity (Wildman–Crippen MR) is 132 cm³/mol. The maximum absolute atomic E-state index is 13.7. The number of nitrogens with one attached hydrogen (secondary N) is 2. The number of fused-ring (bicyclic) bond motifs is 1. The molecule has 0 bridgehead atoms. The number of halogens is 3. The fraction of sp³-hybridized carbons (Fsp3) is 0.545. The molecule has 10 nitrogen and oxygen atoms in total. The number of ether oxygens (including phenoxy) is 1. The van der Waals surface area contributed by atoms with Crippen LogP contribution in [-0.4, -0.2) is 79.2 Å². The lowest BCUT2D eigenvalue weighted by atomic mass is 10.0. The third-order valence-electron chi connectivity index (χ3n) is 6.21. The van der Waals surface area contributed by atoms with Gasteiger partial charge in [0.2, 0.25) is 10.0 Å². The van der Waals surface area contributed by atoms with E-state index in [0.717, 1.165) is 0 Å². The molecule has 2 saturated heterocycles. The number of sulfonamides is 1. The van der Waals surface area contributed by atoms with Crippen LogP contribution in [0.5, 0.6) is 0 Å². The summed E-state index contributed by atoms with van der Waals surface area (Å²) in [4.78, 5) is 10.8. The van der Waals surface area contributed by atoms with Gasteiger partial charge in [-0.05, 0) is 32.9 Å². The SMILES string of the molecule is Cc1nc(-c2nnc(C(F)F)s2)c2cc(S(=O)(=O)NC3(C)COC3)cc(N3C[C@H](CF)N[C@@H](C)C3)c2n1.